The van der Waals surface area contributed by atoms with Gasteiger partial charge in [0.25, 0.3) is 5.91 Å². The second kappa shape index (κ2) is 6.52. The average molecular weight is 329 g/mol. The molecule has 1 atom stereocenters. The first kappa shape index (κ1) is 14.5. The monoisotopic (exact) mass is 328 g/mol. The third kappa shape index (κ3) is 3.57. The number of carbonyl (C=O) groups excluding carboxylic acids is 1. The summed E-state index contributed by atoms with van der Waals surface area (Å²) in [4.78, 5) is 12.1. The zero-order valence-corrected chi connectivity index (χ0v) is 13.0. The number of aromatic nitrogens is 2. The lowest BCUT2D eigenvalue weighted by molar-refractivity contribution is 0.0939. The molecule has 1 saturated heterocycles. The summed E-state index contributed by atoms with van der Waals surface area (Å²) in [5, 5.41) is 13.3. The van der Waals surface area contributed by atoms with E-state index in [1.165, 1.54) is 12.8 Å². The molecule has 1 unspecified atom stereocenters. The highest BCUT2D eigenvalue weighted by Gasteiger charge is 2.20. The SMILES string of the molecule is CC(C)c1[nH]nc(C(=O)NCC2CCCNC2)c1Br. The van der Waals surface area contributed by atoms with Gasteiger partial charge in [0.1, 0.15) is 0 Å². The highest BCUT2D eigenvalue weighted by molar-refractivity contribution is 9.10. The molecule has 1 amide bonds. The quantitative estimate of drug-likeness (QED) is 0.792. The molecule has 19 heavy (non-hydrogen) atoms. The molecule has 1 aliphatic rings. The molecule has 1 aliphatic heterocycles. The Morgan fingerprint density at radius 1 is 1.58 bits per heavy atom. The minimum atomic E-state index is -0.111. The summed E-state index contributed by atoms with van der Waals surface area (Å²) in [7, 11) is 0. The predicted octanol–water partition coefficient (Wildman–Crippen LogP) is 2.02. The lowest BCUT2D eigenvalue weighted by Gasteiger charge is -2.22. The first-order valence-corrected chi connectivity index (χ1v) is 7.61. The number of H-pyrrole nitrogens is 1. The van der Waals surface area contributed by atoms with Gasteiger partial charge in [0.05, 0.1) is 10.2 Å². The molecule has 0 aromatic carbocycles. The fraction of sp³-hybridized carbons (Fsp3) is 0.692. The van der Waals surface area contributed by atoms with E-state index in [4.69, 9.17) is 0 Å². The van der Waals surface area contributed by atoms with Crippen LogP contribution in [0.1, 0.15) is 48.8 Å². The van der Waals surface area contributed by atoms with Crippen molar-refractivity contribution in [3.8, 4) is 0 Å². The molecule has 1 aromatic rings. The van der Waals surface area contributed by atoms with Crippen molar-refractivity contribution in [1.29, 1.82) is 0 Å². The normalized spacial score (nSPS) is 19.7. The van der Waals surface area contributed by atoms with Crippen LogP contribution in [-0.2, 0) is 0 Å². The number of carbonyl (C=O) groups is 1. The van der Waals surface area contributed by atoms with E-state index in [-0.39, 0.29) is 5.91 Å². The predicted molar refractivity (Wildman–Crippen MR) is 78.3 cm³/mol. The van der Waals surface area contributed by atoms with Crippen LogP contribution in [0.15, 0.2) is 4.47 Å². The number of nitrogens with one attached hydrogen (secondary N) is 3. The van der Waals surface area contributed by atoms with Gasteiger partial charge < -0.3 is 10.6 Å². The molecule has 106 valence electrons. The van der Waals surface area contributed by atoms with E-state index in [0.717, 1.165) is 23.3 Å². The van der Waals surface area contributed by atoms with Crippen LogP contribution in [0.25, 0.3) is 0 Å². The van der Waals surface area contributed by atoms with Gasteiger partial charge in [0.15, 0.2) is 5.69 Å². The van der Waals surface area contributed by atoms with Crippen molar-refractivity contribution >= 4 is 21.8 Å². The maximum Gasteiger partial charge on any atom is 0.272 e. The molecule has 6 heteroatoms. The molecule has 1 fully saturated rings. The van der Waals surface area contributed by atoms with Crippen LogP contribution >= 0.6 is 15.9 Å². The molecule has 0 bridgehead atoms. The average Bonchev–Trinajstić information content (AvgIpc) is 2.79. The van der Waals surface area contributed by atoms with Gasteiger partial charge in [-0.05, 0) is 53.7 Å². The van der Waals surface area contributed by atoms with E-state index in [0.29, 0.717) is 24.1 Å². The van der Waals surface area contributed by atoms with Gasteiger partial charge in [-0.15, -0.1) is 0 Å². The molecule has 5 nitrogen and oxygen atoms in total. The van der Waals surface area contributed by atoms with Gasteiger partial charge >= 0.3 is 0 Å². The van der Waals surface area contributed by atoms with Crippen molar-refractivity contribution < 1.29 is 4.79 Å². The van der Waals surface area contributed by atoms with E-state index in [2.05, 4.69) is 50.6 Å². The Labute approximate surface area is 122 Å². The Bertz CT molecular complexity index is 438. The molecule has 0 spiro atoms. The summed E-state index contributed by atoms with van der Waals surface area (Å²) in [5.74, 6) is 0.728. The zero-order valence-electron chi connectivity index (χ0n) is 11.4. The van der Waals surface area contributed by atoms with E-state index >= 15 is 0 Å². The maximum absolute atomic E-state index is 12.1. The second-order valence-electron chi connectivity index (χ2n) is 5.38. The van der Waals surface area contributed by atoms with Crippen LogP contribution in [0.4, 0.5) is 0 Å². The summed E-state index contributed by atoms with van der Waals surface area (Å²) in [6.07, 6.45) is 2.36. The zero-order chi connectivity index (χ0) is 13.8. The number of hydrogen-bond donors (Lipinski definition) is 3. The number of piperidine rings is 1. The van der Waals surface area contributed by atoms with Crippen molar-refractivity contribution in [2.24, 2.45) is 5.92 Å². The molecule has 0 radical (unpaired) electrons. The largest absolute Gasteiger partial charge is 0.350 e. The Morgan fingerprint density at radius 3 is 2.95 bits per heavy atom. The van der Waals surface area contributed by atoms with Gasteiger partial charge in [-0.25, -0.2) is 0 Å². The van der Waals surface area contributed by atoms with Crippen molar-refractivity contribution in [3.05, 3.63) is 15.9 Å². The van der Waals surface area contributed by atoms with Crippen LogP contribution in [0.3, 0.4) is 0 Å². The first-order valence-electron chi connectivity index (χ1n) is 6.82. The number of hydrogen-bond acceptors (Lipinski definition) is 3. The minimum Gasteiger partial charge on any atom is -0.350 e. The van der Waals surface area contributed by atoms with Crippen molar-refractivity contribution in [2.75, 3.05) is 19.6 Å². The number of amides is 1. The van der Waals surface area contributed by atoms with Gasteiger partial charge in [-0.3, -0.25) is 9.89 Å². The van der Waals surface area contributed by atoms with Crippen molar-refractivity contribution in [2.45, 2.75) is 32.6 Å². The number of aromatic amines is 1. The number of rotatable bonds is 4. The van der Waals surface area contributed by atoms with Crippen LogP contribution in [0.2, 0.25) is 0 Å². The molecular weight excluding hydrogens is 308 g/mol. The fourth-order valence-corrected chi connectivity index (χ4v) is 3.11. The van der Waals surface area contributed by atoms with Gasteiger partial charge in [0, 0.05) is 6.54 Å². The van der Waals surface area contributed by atoms with E-state index in [1.807, 2.05) is 0 Å². The van der Waals surface area contributed by atoms with Crippen molar-refractivity contribution in [1.82, 2.24) is 20.8 Å². The Morgan fingerprint density at radius 2 is 2.37 bits per heavy atom. The van der Waals surface area contributed by atoms with Gasteiger partial charge in [-0.2, -0.15) is 5.10 Å². The highest BCUT2D eigenvalue weighted by Crippen LogP contribution is 2.25. The van der Waals surface area contributed by atoms with Crippen LogP contribution in [0, 0.1) is 5.92 Å². The van der Waals surface area contributed by atoms with Gasteiger partial charge in [0.2, 0.25) is 0 Å². The van der Waals surface area contributed by atoms with Crippen LogP contribution < -0.4 is 10.6 Å². The molecule has 3 N–H and O–H groups in total. The summed E-state index contributed by atoms with van der Waals surface area (Å²) in [6.45, 7) is 6.91. The first-order chi connectivity index (χ1) is 9.09. The fourth-order valence-electron chi connectivity index (χ4n) is 2.29. The summed E-state index contributed by atoms with van der Waals surface area (Å²) in [5.41, 5.74) is 1.41. The number of halogens is 1. The number of nitrogens with zero attached hydrogens (tertiary/aromatic N) is 1. The summed E-state index contributed by atoms with van der Waals surface area (Å²) < 4.78 is 0.779. The van der Waals surface area contributed by atoms with Gasteiger partial charge in [-0.1, -0.05) is 13.8 Å². The summed E-state index contributed by atoms with van der Waals surface area (Å²) in [6, 6.07) is 0. The smallest absolute Gasteiger partial charge is 0.272 e. The molecule has 2 rings (SSSR count). The maximum atomic E-state index is 12.1. The standard InChI is InChI=1S/C13H21BrN4O/c1-8(2)11-10(14)12(18-17-11)13(19)16-7-9-4-3-5-15-6-9/h8-9,15H,3-7H2,1-2H3,(H,16,19)(H,17,18). The molecule has 1 aromatic heterocycles. The van der Waals surface area contributed by atoms with E-state index in [9.17, 15) is 4.79 Å². The molecule has 2 heterocycles. The lowest BCUT2D eigenvalue weighted by atomic mass is 10.00. The van der Waals surface area contributed by atoms with E-state index in [1.54, 1.807) is 0 Å². The third-order valence-corrected chi connectivity index (χ3v) is 4.28. The van der Waals surface area contributed by atoms with Crippen LogP contribution in [0.5, 0.6) is 0 Å². The topological polar surface area (TPSA) is 69.8 Å². The molecule has 0 saturated carbocycles. The lowest BCUT2D eigenvalue weighted by Crippen LogP contribution is -2.38. The Balaban J connectivity index is 1.92. The second-order valence-corrected chi connectivity index (χ2v) is 6.17. The third-order valence-electron chi connectivity index (χ3n) is 3.48. The highest BCUT2D eigenvalue weighted by atomic mass is 79.9. The van der Waals surface area contributed by atoms with Crippen molar-refractivity contribution in [3.63, 3.8) is 0 Å². The minimum absolute atomic E-state index is 0.111. The molecule has 0 aliphatic carbocycles. The molecular formula is C13H21BrN4O. The summed E-state index contributed by atoms with van der Waals surface area (Å²) >= 11 is 3.45. The Kier molecular flexibility index (Phi) is 4.99. The van der Waals surface area contributed by atoms with Crippen LogP contribution in [-0.4, -0.2) is 35.7 Å². The Hall–Kier alpha value is -0.880. The van der Waals surface area contributed by atoms with E-state index < -0.39 is 0 Å².